The molecule has 0 saturated heterocycles. The lowest BCUT2D eigenvalue weighted by Crippen LogP contribution is -2.39. The predicted octanol–water partition coefficient (Wildman–Crippen LogP) is 6.62. The van der Waals surface area contributed by atoms with Crippen LogP contribution in [-0.2, 0) is 26.0 Å². The van der Waals surface area contributed by atoms with Gasteiger partial charge in [-0.2, -0.15) is 4.31 Å². The van der Waals surface area contributed by atoms with Gasteiger partial charge in [0.25, 0.3) is 10.0 Å². The third-order valence-corrected chi connectivity index (χ3v) is 9.84. The first-order valence-corrected chi connectivity index (χ1v) is 14.8. The molecule has 6 nitrogen and oxygen atoms in total. The van der Waals surface area contributed by atoms with Gasteiger partial charge in [0.1, 0.15) is 9.96 Å². The first kappa shape index (κ1) is 28.4. The van der Waals surface area contributed by atoms with Crippen LogP contribution in [0.2, 0.25) is 5.02 Å². The summed E-state index contributed by atoms with van der Waals surface area (Å²) in [6.45, 7) is 10.1. The van der Waals surface area contributed by atoms with E-state index in [0.29, 0.717) is 41.1 Å². The van der Waals surface area contributed by atoms with Crippen molar-refractivity contribution < 1.29 is 22.7 Å². The lowest BCUT2D eigenvalue weighted by atomic mass is 10.1. The number of aryl methyl sites for hydroxylation is 2. The van der Waals surface area contributed by atoms with Gasteiger partial charge in [0.2, 0.25) is 0 Å². The van der Waals surface area contributed by atoms with Crippen molar-refractivity contribution in [2.24, 2.45) is 0 Å². The normalized spacial score (nSPS) is 12.3. The van der Waals surface area contributed by atoms with Crippen molar-refractivity contribution in [3.05, 3.63) is 58.6 Å². The van der Waals surface area contributed by atoms with Gasteiger partial charge in [-0.25, -0.2) is 13.2 Å². The van der Waals surface area contributed by atoms with Crippen molar-refractivity contribution >= 4 is 49.0 Å². The molecule has 196 valence electrons. The Morgan fingerprint density at radius 1 is 1.08 bits per heavy atom. The molecule has 9 heteroatoms. The highest BCUT2D eigenvalue weighted by atomic mass is 35.5. The van der Waals surface area contributed by atoms with Gasteiger partial charge in [0.15, 0.2) is 5.60 Å². The summed E-state index contributed by atoms with van der Waals surface area (Å²) in [6.07, 6.45) is 2.14. The number of esters is 1. The van der Waals surface area contributed by atoms with Crippen LogP contribution < -0.4 is 4.74 Å². The van der Waals surface area contributed by atoms with Gasteiger partial charge in [0, 0.05) is 22.8 Å². The molecular formula is C27H34ClNO5S2. The molecule has 2 aromatic carbocycles. The van der Waals surface area contributed by atoms with E-state index in [2.05, 4.69) is 0 Å². The van der Waals surface area contributed by atoms with Crippen molar-refractivity contribution in [1.82, 2.24) is 4.31 Å². The molecular weight excluding hydrogens is 518 g/mol. The van der Waals surface area contributed by atoms with Crippen LogP contribution in [0.3, 0.4) is 0 Å². The minimum Gasteiger partial charge on any atom is -0.476 e. The number of halogens is 1. The first-order valence-electron chi connectivity index (χ1n) is 12.1. The van der Waals surface area contributed by atoms with Crippen LogP contribution in [0.1, 0.15) is 51.7 Å². The number of fused-ring (bicyclic) bond motifs is 1. The second kappa shape index (κ2) is 11.9. The smallest absolute Gasteiger partial charge is 0.349 e. The zero-order valence-corrected chi connectivity index (χ0v) is 23.9. The molecule has 3 aromatic rings. The van der Waals surface area contributed by atoms with Crippen LogP contribution in [0.5, 0.6) is 5.75 Å². The van der Waals surface area contributed by atoms with Crippen LogP contribution in [0.15, 0.2) is 46.7 Å². The van der Waals surface area contributed by atoms with Crippen LogP contribution in [-0.4, -0.2) is 44.0 Å². The van der Waals surface area contributed by atoms with E-state index >= 15 is 0 Å². The summed E-state index contributed by atoms with van der Waals surface area (Å²) in [7, 11) is -3.62. The molecule has 0 unspecified atom stereocenters. The molecule has 0 aliphatic carbocycles. The van der Waals surface area contributed by atoms with Crippen LogP contribution in [0, 0.1) is 6.92 Å². The first-order chi connectivity index (χ1) is 17.0. The zero-order valence-electron chi connectivity index (χ0n) is 21.5. The van der Waals surface area contributed by atoms with E-state index in [4.69, 9.17) is 21.1 Å². The van der Waals surface area contributed by atoms with Crippen molar-refractivity contribution in [3.8, 4) is 5.75 Å². The molecule has 0 atom stereocenters. The van der Waals surface area contributed by atoms with Crippen molar-refractivity contribution in [1.29, 1.82) is 0 Å². The Balaban J connectivity index is 1.67. The summed E-state index contributed by atoms with van der Waals surface area (Å²) in [4.78, 5) is 12.1. The molecule has 1 heterocycles. The Morgan fingerprint density at radius 3 is 2.42 bits per heavy atom. The standard InChI is InChI=1S/C27H34ClNO5S2/c1-6-16-29(36(31,32)25-19(3)23-18-21(28)12-15-24(23)35-25)17-8-9-20-10-13-22(14-11-20)34-27(4,5)26(30)33-7-2/h10-15,18H,6-9,16-17H2,1-5H3. The molecule has 0 spiro atoms. The predicted molar refractivity (Wildman–Crippen MR) is 147 cm³/mol. The summed E-state index contributed by atoms with van der Waals surface area (Å²) in [5.74, 6) is 0.163. The van der Waals surface area contributed by atoms with Crippen LogP contribution in [0.4, 0.5) is 0 Å². The second-order valence-corrected chi connectivity index (χ2v) is 12.8. The Morgan fingerprint density at radius 2 is 1.78 bits per heavy atom. The summed E-state index contributed by atoms with van der Waals surface area (Å²) >= 11 is 7.44. The summed E-state index contributed by atoms with van der Waals surface area (Å²) in [6, 6.07) is 13.0. The number of rotatable bonds is 12. The highest BCUT2D eigenvalue weighted by Crippen LogP contribution is 2.37. The average molecular weight is 552 g/mol. The van der Waals surface area contributed by atoms with Gasteiger partial charge >= 0.3 is 5.97 Å². The average Bonchev–Trinajstić information content (AvgIpc) is 3.16. The molecule has 0 aliphatic rings. The quantitative estimate of drug-likeness (QED) is 0.237. The fourth-order valence-electron chi connectivity index (χ4n) is 3.96. The van der Waals surface area contributed by atoms with E-state index in [1.54, 1.807) is 31.1 Å². The minimum absolute atomic E-state index is 0.298. The molecule has 36 heavy (non-hydrogen) atoms. The number of hydrogen-bond acceptors (Lipinski definition) is 6. The number of hydrogen-bond donors (Lipinski definition) is 0. The Labute approximate surface area is 223 Å². The number of thiophene rings is 1. The van der Waals surface area contributed by atoms with Gasteiger partial charge < -0.3 is 9.47 Å². The molecule has 0 amide bonds. The zero-order chi connectivity index (χ0) is 26.5. The molecule has 0 N–H and O–H groups in total. The highest BCUT2D eigenvalue weighted by Gasteiger charge is 2.31. The van der Waals surface area contributed by atoms with Crippen molar-refractivity contribution in [2.45, 2.75) is 63.7 Å². The van der Waals surface area contributed by atoms with Crippen molar-refractivity contribution in [3.63, 3.8) is 0 Å². The number of carbonyl (C=O) groups excluding carboxylic acids is 1. The largest absolute Gasteiger partial charge is 0.476 e. The number of ether oxygens (including phenoxy) is 2. The molecule has 1 aromatic heterocycles. The second-order valence-electron chi connectivity index (χ2n) is 9.14. The van der Waals surface area contributed by atoms with Gasteiger partial charge in [-0.05, 0) is 93.8 Å². The van der Waals surface area contributed by atoms with E-state index in [1.165, 1.54) is 11.3 Å². The Hall–Kier alpha value is -2.13. The topological polar surface area (TPSA) is 72.9 Å². The van der Waals surface area contributed by atoms with Gasteiger partial charge in [-0.1, -0.05) is 30.7 Å². The maximum Gasteiger partial charge on any atom is 0.349 e. The number of carbonyl (C=O) groups is 1. The van der Waals surface area contributed by atoms with Gasteiger partial charge in [-0.3, -0.25) is 0 Å². The summed E-state index contributed by atoms with van der Waals surface area (Å²) in [5, 5.41) is 1.48. The van der Waals surface area contributed by atoms with Crippen molar-refractivity contribution in [2.75, 3.05) is 19.7 Å². The fraction of sp³-hybridized carbons (Fsp3) is 0.444. The molecule has 3 rings (SSSR count). The minimum atomic E-state index is -3.62. The van der Waals surface area contributed by atoms with Crippen LogP contribution in [0.25, 0.3) is 10.1 Å². The van der Waals surface area contributed by atoms with Gasteiger partial charge in [0.05, 0.1) is 6.61 Å². The third kappa shape index (κ3) is 6.59. The third-order valence-electron chi connectivity index (χ3n) is 5.84. The van der Waals surface area contributed by atoms with E-state index in [-0.39, 0.29) is 0 Å². The van der Waals surface area contributed by atoms with Crippen LogP contribution >= 0.6 is 22.9 Å². The lowest BCUT2D eigenvalue weighted by Gasteiger charge is -2.24. The number of nitrogens with zero attached hydrogens (tertiary/aromatic N) is 1. The molecule has 0 saturated carbocycles. The maximum absolute atomic E-state index is 13.6. The maximum atomic E-state index is 13.6. The number of sulfonamides is 1. The van der Waals surface area contributed by atoms with Gasteiger partial charge in [-0.15, -0.1) is 11.3 Å². The molecule has 0 bridgehead atoms. The monoisotopic (exact) mass is 551 g/mol. The SMILES string of the molecule is CCCN(CCCc1ccc(OC(C)(C)C(=O)OCC)cc1)S(=O)(=O)c1sc2ccc(Cl)cc2c1C. The molecule has 0 radical (unpaired) electrons. The number of benzene rings is 2. The lowest BCUT2D eigenvalue weighted by molar-refractivity contribution is -0.158. The fourth-order valence-corrected chi connectivity index (χ4v) is 7.58. The van der Waals surface area contributed by atoms with E-state index < -0.39 is 21.6 Å². The van der Waals surface area contributed by atoms with E-state index in [0.717, 1.165) is 34.1 Å². The summed E-state index contributed by atoms with van der Waals surface area (Å²) < 4.78 is 40.9. The summed E-state index contributed by atoms with van der Waals surface area (Å²) in [5.41, 5.74) is 0.737. The van der Waals surface area contributed by atoms with E-state index in [9.17, 15) is 13.2 Å². The van der Waals surface area contributed by atoms with E-state index in [1.807, 2.05) is 50.2 Å². The molecule has 0 fully saturated rings. The molecule has 0 aliphatic heterocycles. The Bertz CT molecular complexity index is 1300. The Kier molecular flexibility index (Phi) is 9.44. The highest BCUT2D eigenvalue weighted by molar-refractivity contribution is 7.91.